The normalized spacial score (nSPS) is 11.6. The molecule has 7 nitrogen and oxygen atoms in total. The molecule has 1 atom stereocenters. The summed E-state index contributed by atoms with van der Waals surface area (Å²) in [4.78, 5) is 24.8. The van der Waals surface area contributed by atoms with Crippen LogP contribution in [-0.2, 0) is 6.61 Å². The molecule has 0 aliphatic heterocycles. The van der Waals surface area contributed by atoms with Gasteiger partial charge in [0.1, 0.15) is 12.4 Å². The first-order valence-corrected chi connectivity index (χ1v) is 10.5. The predicted molar refractivity (Wildman–Crippen MR) is 117 cm³/mol. The van der Waals surface area contributed by atoms with E-state index in [0.717, 1.165) is 17.7 Å². The minimum absolute atomic E-state index is 0.0811. The largest absolute Gasteiger partial charge is 0.486 e. The van der Waals surface area contributed by atoms with Gasteiger partial charge in [0.2, 0.25) is 5.01 Å². The van der Waals surface area contributed by atoms with Crippen LogP contribution in [0.5, 0.6) is 5.75 Å². The molecule has 3 aromatic rings. The van der Waals surface area contributed by atoms with E-state index in [1.807, 2.05) is 45.0 Å². The van der Waals surface area contributed by atoms with E-state index < -0.39 is 0 Å². The number of rotatable bonds is 8. The number of ether oxygens (including phenoxy) is 1. The number of carbonyl (C=O) groups excluding carboxylic acids is 2. The average molecular weight is 425 g/mol. The first-order chi connectivity index (χ1) is 14.4. The van der Waals surface area contributed by atoms with Crippen LogP contribution in [0.2, 0.25) is 0 Å². The van der Waals surface area contributed by atoms with E-state index in [-0.39, 0.29) is 29.5 Å². The number of nitrogens with zero attached hydrogens (tertiary/aromatic N) is 2. The molecule has 0 unspecified atom stereocenters. The molecule has 0 bridgehead atoms. The summed E-state index contributed by atoms with van der Waals surface area (Å²) in [5.41, 5.74) is 2.10. The van der Waals surface area contributed by atoms with Gasteiger partial charge in [0.05, 0.1) is 0 Å². The van der Waals surface area contributed by atoms with Gasteiger partial charge in [0, 0.05) is 17.3 Å². The standard InChI is InChI=1S/C22H24N4O3S/c1-4-15(3)23-20(27)16-8-6-9-17(12-16)24-21(28)22-26-25-19(30-22)13-29-18-10-5-7-14(2)11-18/h5-12,15H,4,13H2,1-3H3,(H,23,27)(H,24,28)/t15-/m0/s1. The van der Waals surface area contributed by atoms with Gasteiger partial charge in [0.25, 0.3) is 11.8 Å². The maximum atomic E-state index is 12.5. The Morgan fingerprint density at radius 1 is 1.10 bits per heavy atom. The molecule has 156 valence electrons. The molecule has 0 aliphatic carbocycles. The summed E-state index contributed by atoms with van der Waals surface area (Å²) < 4.78 is 5.70. The number of hydrogen-bond acceptors (Lipinski definition) is 6. The van der Waals surface area contributed by atoms with Gasteiger partial charge < -0.3 is 15.4 Å². The first kappa shape index (κ1) is 21.4. The van der Waals surface area contributed by atoms with Crippen molar-refractivity contribution >= 4 is 28.8 Å². The van der Waals surface area contributed by atoms with Gasteiger partial charge in [-0.3, -0.25) is 9.59 Å². The van der Waals surface area contributed by atoms with Gasteiger partial charge in [0.15, 0.2) is 5.01 Å². The Morgan fingerprint density at radius 2 is 1.90 bits per heavy atom. The predicted octanol–water partition coefficient (Wildman–Crippen LogP) is 4.21. The van der Waals surface area contributed by atoms with Crippen LogP contribution < -0.4 is 15.4 Å². The smallest absolute Gasteiger partial charge is 0.286 e. The van der Waals surface area contributed by atoms with E-state index in [0.29, 0.717) is 16.3 Å². The Kier molecular flexibility index (Phi) is 7.13. The first-order valence-electron chi connectivity index (χ1n) is 9.68. The fraction of sp³-hybridized carbons (Fsp3) is 0.273. The summed E-state index contributed by atoms with van der Waals surface area (Å²) >= 11 is 1.17. The fourth-order valence-electron chi connectivity index (χ4n) is 2.59. The van der Waals surface area contributed by atoms with E-state index >= 15 is 0 Å². The molecule has 0 spiro atoms. The SMILES string of the molecule is CC[C@H](C)NC(=O)c1cccc(NC(=O)c2nnc(COc3cccc(C)c3)s2)c1. The number of anilines is 1. The van der Waals surface area contributed by atoms with Crippen LogP contribution in [0, 0.1) is 6.92 Å². The van der Waals surface area contributed by atoms with Crippen LogP contribution in [0.25, 0.3) is 0 Å². The highest BCUT2D eigenvalue weighted by Gasteiger charge is 2.15. The lowest BCUT2D eigenvalue weighted by atomic mass is 10.1. The summed E-state index contributed by atoms with van der Waals surface area (Å²) in [6.07, 6.45) is 0.842. The fourth-order valence-corrected chi connectivity index (χ4v) is 3.23. The van der Waals surface area contributed by atoms with Gasteiger partial charge in [-0.1, -0.05) is 36.5 Å². The lowest BCUT2D eigenvalue weighted by molar-refractivity contribution is 0.0938. The minimum atomic E-state index is -0.381. The van der Waals surface area contributed by atoms with Crippen molar-refractivity contribution in [2.24, 2.45) is 0 Å². The van der Waals surface area contributed by atoms with E-state index in [2.05, 4.69) is 20.8 Å². The molecular formula is C22H24N4O3S. The summed E-state index contributed by atoms with van der Waals surface area (Å²) in [6.45, 7) is 6.17. The monoisotopic (exact) mass is 424 g/mol. The number of aryl methyl sites for hydroxylation is 1. The zero-order chi connectivity index (χ0) is 21.5. The summed E-state index contributed by atoms with van der Waals surface area (Å²) in [7, 11) is 0. The Hall–Kier alpha value is -3.26. The van der Waals surface area contributed by atoms with Crippen LogP contribution >= 0.6 is 11.3 Å². The van der Waals surface area contributed by atoms with Crippen LogP contribution in [0.15, 0.2) is 48.5 Å². The number of benzene rings is 2. The van der Waals surface area contributed by atoms with E-state index in [1.54, 1.807) is 24.3 Å². The third kappa shape index (κ3) is 5.87. The van der Waals surface area contributed by atoms with Crippen molar-refractivity contribution in [2.75, 3.05) is 5.32 Å². The molecule has 0 saturated heterocycles. The Balaban J connectivity index is 1.60. The molecule has 1 heterocycles. The topological polar surface area (TPSA) is 93.2 Å². The highest BCUT2D eigenvalue weighted by molar-refractivity contribution is 7.13. The van der Waals surface area contributed by atoms with Gasteiger partial charge in [-0.15, -0.1) is 10.2 Å². The molecular weight excluding hydrogens is 400 g/mol. The van der Waals surface area contributed by atoms with Crippen molar-refractivity contribution in [3.8, 4) is 5.75 Å². The molecule has 2 aromatic carbocycles. The molecule has 2 amide bonds. The number of aromatic nitrogens is 2. The van der Waals surface area contributed by atoms with Crippen LogP contribution in [0.3, 0.4) is 0 Å². The molecule has 0 aliphatic rings. The molecule has 0 radical (unpaired) electrons. The number of amides is 2. The van der Waals surface area contributed by atoms with Gasteiger partial charge in [-0.05, 0) is 56.2 Å². The van der Waals surface area contributed by atoms with Crippen molar-refractivity contribution in [3.63, 3.8) is 0 Å². The Bertz CT molecular complexity index is 1030. The van der Waals surface area contributed by atoms with Crippen molar-refractivity contribution < 1.29 is 14.3 Å². The molecule has 0 fully saturated rings. The second-order valence-corrected chi connectivity index (χ2v) is 7.99. The summed E-state index contributed by atoms with van der Waals surface area (Å²) in [5.74, 6) is 0.185. The van der Waals surface area contributed by atoms with Crippen LogP contribution in [0.4, 0.5) is 5.69 Å². The molecule has 2 N–H and O–H groups in total. The molecule has 0 saturated carbocycles. The third-order valence-corrected chi connectivity index (χ3v) is 5.28. The lowest BCUT2D eigenvalue weighted by Gasteiger charge is -2.12. The zero-order valence-corrected chi connectivity index (χ0v) is 18.0. The maximum Gasteiger partial charge on any atom is 0.286 e. The average Bonchev–Trinajstić information content (AvgIpc) is 3.21. The minimum Gasteiger partial charge on any atom is -0.486 e. The molecule has 3 rings (SSSR count). The van der Waals surface area contributed by atoms with Crippen molar-refractivity contribution in [2.45, 2.75) is 39.8 Å². The van der Waals surface area contributed by atoms with Crippen molar-refractivity contribution in [3.05, 3.63) is 69.7 Å². The summed E-state index contributed by atoms with van der Waals surface area (Å²) in [6, 6.07) is 14.6. The van der Waals surface area contributed by atoms with Gasteiger partial charge in [-0.25, -0.2) is 0 Å². The molecule has 8 heteroatoms. The molecule has 1 aromatic heterocycles. The van der Waals surface area contributed by atoms with E-state index in [4.69, 9.17) is 4.74 Å². The number of nitrogens with one attached hydrogen (secondary N) is 2. The van der Waals surface area contributed by atoms with E-state index in [9.17, 15) is 9.59 Å². The third-order valence-electron chi connectivity index (χ3n) is 4.39. The van der Waals surface area contributed by atoms with E-state index in [1.165, 1.54) is 11.3 Å². The maximum absolute atomic E-state index is 12.5. The second kappa shape index (κ2) is 9.98. The van der Waals surface area contributed by atoms with Gasteiger partial charge >= 0.3 is 0 Å². The zero-order valence-electron chi connectivity index (χ0n) is 17.1. The van der Waals surface area contributed by atoms with Crippen molar-refractivity contribution in [1.82, 2.24) is 15.5 Å². The van der Waals surface area contributed by atoms with Crippen LogP contribution in [0.1, 0.15) is 51.0 Å². The number of hydrogen-bond donors (Lipinski definition) is 2. The van der Waals surface area contributed by atoms with Crippen LogP contribution in [-0.4, -0.2) is 28.1 Å². The Labute approximate surface area is 179 Å². The van der Waals surface area contributed by atoms with Crippen molar-refractivity contribution in [1.29, 1.82) is 0 Å². The highest BCUT2D eigenvalue weighted by Crippen LogP contribution is 2.18. The highest BCUT2D eigenvalue weighted by atomic mass is 32.1. The summed E-state index contributed by atoms with van der Waals surface area (Å²) in [5, 5.41) is 14.5. The van der Waals surface area contributed by atoms with Gasteiger partial charge in [-0.2, -0.15) is 0 Å². The quantitative estimate of drug-likeness (QED) is 0.565. The molecule has 30 heavy (non-hydrogen) atoms. The second-order valence-electron chi connectivity index (χ2n) is 6.92. The number of carbonyl (C=O) groups is 2. The Morgan fingerprint density at radius 3 is 2.67 bits per heavy atom. The lowest BCUT2D eigenvalue weighted by Crippen LogP contribution is -2.31.